The zero-order valence-electron chi connectivity index (χ0n) is 15.5. The van der Waals surface area contributed by atoms with E-state index in [9.17, 15) is 0 Å². The van der Waals surface area contributed by atoms with Crippen LogP contribution < -0.4 is 0 Å². The first-order valence-corrected chi connectivity index (χ1v) is 10.3. The van der Waals surface area contributed by atoms with Gasteiger partial charge >= 0.3 is 0 Å². The largest absolute Gasteiger partial charge is 0.419 e. The smallest absolute Gasteiger partial charge is 0.247 e. The van der Waals surface area contributed by atoms with Crippen LogP contribution in [0, 0.1) is 0 Å². The van der Waals surface area contributed by atoms with Gasteiger partial charge in [0, 0.05) is 31.7 Å². The molecule has 2 aromatic heterocycles. The second-order valence-corrected chi connectivity index (χ2v) is 8.11. The predicted octanol–water partition coefficient (Wildman–Crippen LogP) is 3.66. The van der Waals surface area contributed by atoms with Gasteiger partial charge in [-0.25, -0.2) is 4.98 Å². The highest BCUT2D eigenvalue weighted by Gasteiger charge is 2.20. The summed E-state index contributed by atoms with van der Waals surface area (Å²) in [6, 6.07) is 18.2. The number of benzene rings is 2. The van der Waals surface area contributed by atoms with Gasteiger partial charge in [0.2, 0.25) is 11.8 Å². The maximum atomic E-state index is 5.84. The van der Waals surface area contributed by atoms with Crippen LogP contribution in [0.1, 0.15) is 10.9 Å². The van der Waals surface area contributed by atoms with Crippen molar-refractivity contribution < 1.29 is 4.42 Å². The molecule has 6 nitrogen and oxygen atoms in total. The summed E-state index contributed by atoms with van der Waals surface area (Å²) in [5.74, 6) is 1.27. The summed E-state index contributed by atoms with van der Waals surface area (Å²) < 4.78 is 7.11. The van der Waals surface area contributed by atoms with Crippen LogP contribution in [0.15, 0.2) is 59.0 Å². The molecule has 5 rings (SSSR count). The number of aromatic nitrogens is 3. The van der Waals surface area contributed by atoms with Crippen LogP contribution in [0.4, 0.5) is 0 Å². The van der Waals surface area contributed by atoms with Crippen LogP contribution in [0.3, 0.4) is 0 Å². The first-order valence-electron chi connectivity index (χ1n) is 9.50. The number of fused-ring (bicyclic) bond motifs is 1. The first kappa shape index (κ1) is 17.5. The van der Waals surface area contributed by atoms with Gasteiger partial charge in [0.15, 0.2) is 0 Å². The molecular formula is C21H21N5OS. The number of nitrogens with zero attached hydrogens (tertiary/aromatic N) is 5. The summed E-state index contributed by atoms with van der Waals surface area (Å²) in [7, 11) is 0. The van der Waals surface area contributed by atoms with E-state index in [4.69, 9.17) is 9.40 Å². The van der Waals surface area contributed by atoms with E-state index in [0.29, 0.717) is 18.3 Å². The van der Waals surface area contributed by atoms with Crippen molar-refractivity contribution in [3.8, 4) is 11.5 Å². The monoisotopic (exact) mass is 391 g/mol. The molecule has 3 heterocycles. The molecule has 0 saturated carbocycles. The Labute approximate surface area is 167 Å². The van der Waals surface area contributed by atoms with Gasteiger partial charge in [0.1, 0.15) is 5.01 Å². The van der Waals surface area contributed by atoms with Crippen molar-refractivity contribution >= 4 is 21.6 Å². The van der Waals surface area contributed by atoms with Crippen molar-refractivity contribution in [2.24, 2.45) is 0 Å². The molecule has 0 N–H and O–H groups in total. The molecule has 0 atom stereocenters. The number of thiazole rings is 1. The molecule has 0 radical (unpaired) electrons. The van der Waals surface area contributed by atoms with Crippen molar-refractivity contribution in [1.82, 2.24) is 25.0 Å². The zero-order valence-corrected chi connectivity index (χ0v) is 16.3. The average Bonchev–Trinajstić information content (AvgIpc) is 3.36. The van der Waals surface area contributed by atoms with Crippen molar-refractivity contribution in [3.63, 3.8) is 0 Å². The summed E-state index contributed by atoms with van der Waals surface area (Å²) >= 11 is 1.80. The van der Waals surface area contributed by atoms with Crippen molar-refractivity contribution in [3.05, 3.63) is 65.5 Å². The minimum atomic E-state index is 0.588. The van der Waals surface area contributed by atoms with Crippen molar-refractivity contribution in [1.29, 1.82) is 0 Å². The molecule has 142 valence electrons. The van der Waals surface area contributed by atoms with Gasteiger partial charge in [-0.05, 0) is 24.3 Å². The Balaban J connectivity index is 1.16. The minimum absolute atomic E-state index is 0.588. The number of hydrogen-bond acceptors (Lipinski definition) is 7. The van der Waals surface area contributed by atoms with Crippen LogP contribution in [0.5, 0.6) is 0 Å². The molecule has 0 spiro atoms. The van der Waals surface area contributed by atoms with Gasteiger partial charge in [0.25, 0.3) is 0 Å². The Morgan fingerprint density at radius 3 is 2.32 bits per heavy atom. The highest BCUT2D eigenvalue weighted by molar-refractivity contribution is 7.18. The molecule has 1 fully saturated rings. The third-order valence-corrected chi connectivity index (χ3v) is 6.03. The number of rotatable bonds is 5. The fourth-order valence-electron chi connectivity index (χ4n) is 3.49. The standard InChI is InChI=1S/C21H21N5OS/c1-2-6-16(7-3-1)21-24-23-19(27-21)14-25-10-12-26(13-11-25)15-20-22-17-8-4-5-9-18(17)28-20/h1-9H,10-15H2. The van der Waals surface area contributed by atoms with Crippen LogP contribution in [-0.2, 0) is 13.1 Å². The maximum Gasteiger partial charge on any atom is 0.247 e. The lowest BCUT2D eigenvalue weighted by Gasteiger charge is -2.33. The van der Waals surface area contributed by atoms with Gasteiger partial charge in [-0.3, -0.25) is 9.80 Å². The maximum absolute atomic E-state index is 5.84. The molecule has 1 aliphatic rings. The molecule has 0 amide bonds. The number of para-hydroxylation sites is 1. The van der Waals surface area contributed by atoms with E-state index in [-0.39, 0.29) is 0 Å². The molecule has 1 saturated heterocycles. The van der Waals surface area contributed by atoms with Crippen LogP contribution in [0.2, 0.25) is 0 Å². The number of hydrogen-bond donors (Lipinski definition) is 0. The second-order valence-electron chi connectivity index (χ2n) is 6.99. The number of piperazine rings is 1. The lowest BCUT2D eigenvalue weighted by molar-refractivity contribution is 0.114. The van der Waals surface area contributed by atoms with Crippen molar-refractivity contribution in [2.75, 3.05) is 26.2 Å². The molecule has 0 bridgehead atoms. The predicted molar refractivity (Wildman–Crippen MR) is 110 cm³/mol. The highest BCUT2D eigenvalue weighted by atomic mass is 32.1. The Bertz CT molecular complexity index is 1020. The fraction of sp³-hybridized carbons (Fsp3) is 0.286. The fourth-order valence-corrected chi connectivity index (χ4v) is 4.50. The first-order chi connectivity index (χ1) is 13.8. The zero-order chi connectivity index (χ0) is 18.8. The third kappa shape index (κ3) is 3.82. The Morgan fingerprint density at radius 2 is 1.54 bits per heavy atom. The second kappa shape index (κ2) is 7.79. The Kier molecular flexibility index (Phi) is 4.86. The van der Waals surface area contributed by atoms with E-state index >= 15 is 0 Å². The summed E-state index contributed by atoms with van der Waals surface area (Å²) in [5.41, 5.74) is 2.06. The summed E-state index contributed by atoms with van der Waals surface area (Å²) in [4.78, 5) is 9.60. The molecule has 28 heavy (non-hydrogen) atoms. The van der Waals surface area contributed by atoms with Gasteiger partial charge in [-0.15, -0.1) is 21.5 Å². The molecular weight excluding hydrogens is 370 g/mol. The van der Waals surface area contributed by atoms with E-state index in [0.717, 1.165) is 43.8 Å². The highest BCUT2D eigenvalue weighted by Crippen LogP contribution is 2.23. The van der Waals surface area contributed by atoms with E-state index in [2.05, 4.69) is 38.2 Å². The molecule has 1 aliphatic heterocycles. The average molecular weight is 392 g/mol. The van der Waals surface area contributed by atoms with E-state index < -0.39 is 0 Å². The molecule has 0 unspecified atom stereocenters. The molecule has 2 aromatic carbocycles. The molecule has 0 aliphatic carbocycles. The summed E-state index contributed by atoms with van der Waals surface area (Å²) in [6.45, 7) is 5.66. The topological polar surface area (TPSA) is 58.3 Å². The molecule has 7 heteroatoms. The lowest BCUT2D eigenvalue weighted by Crippen LogP contribution is -2.45. The SMILES string of the molecule is c1ccc(-c2nnc(CN3CCN(Cc4nc5ccccc5s4)CC3)o2)cc1. The van der Waals surface area contributed by atoms with E-state index in [1.165, 1.54) is 9.71 Å². The Morgan fingerprint density at radius 1 is 0.821 bits per heavy atom. The van der Waals surface area contributed by atoms with Crippen molar-refractivity contribution in [2.45, 2.75) is 13.1 Å². The summed E-state index contributed by atoms with van der Waals surface area (Å²) in [6.07, 6.45) is 0. The third-order valence-electron chi connectivity index (χ3n) is 5.01. The van der Waals surface area contributed by atoms with E-state index in [1.54, 1.807) is 11.3 Å². The minimum Gasteiger partial charge on any atom is -0.419 e. The lowest BCUT2D eigenvalue weighted by atomic mass is 10.2. The van der Waals surface area contributed by atoms with Crippen LogP contribution in [-0.4, -0.2) is 51.2 Å². The quantitative estimate of drug-likeness (QED) is 0.517. The van der Waals surface area contributed by atoms with E-state index in [1.807, 2.05) is 36.4 Å². The Hall–Kier alpha value is -2.61. The molecule has 4 aromatic rings. The van der Waals surface area contributed by atoms with Gasteiger partial charge in [-0.2, -0.15) is 0 Å². The van der Waals surface area contributed by atoms with Crippen LogP contribution in [0.25, 0.3) is 21.7 Å². The van der Waals surface area contributed by atoms with Crippen LogP contribution >= 0.6 is 11.3 Å². The van der Waals surface area contributed by atoms with Gasteiger partial charge in [-0.1, -0.05) is 30.3 Å². The normalized spacial score (nSPS) is 16.0. The van der Waals surface area contributed by atoms with Gasteiger partial charge in [0.05, 0.1) is 23.3 Å². The van der Waals surface area contributed by atoms with Gasteiger partial charge < -0.3 is 4.42 Å². The summed E-state index contributed by atoms with van der Waals surface area (Å²) in [5, 5.41) is 9.59.